The van der Waals surface area contributed by atoms with Gasteiger partial charge in [0.05, 0.1) is 0 Å². The fourth-order valence-corrected chi connectivity index (χ4v) is 2.99. The Kier molecular flexibility index (Phi) is 4.52. The molecule has 0 amide bonds. The third-order valence-electron chi connectivity index (χ3n) is 3.76. The van der Waals surface area contributed by atoms with Gasteiger partial charge in [-0.15, -0.1) is 0 Å². The van der Waals surface area contributed by atoms with E-state index in [9.17, 15) is 0 Å². The van der Waals surface area contributed by atoms with Crippen molar-refractivity contribution in [3.8, 4) is 0 Å². The van der Waals surface area contributed by atoms with E-state index < -0.39 is 0 Å². The van der Waals surface area contributed by atoms with Crippen molar-refractivity contribution in [1.29, 1.82) is 0 Å². The summed E-state index contributed by atoms with van der Waals surface area (Å²) in [7, 11) is 2.01. The highest BCUT2D eigenvalue weighted by Gasteiger charge is 2.29. The van der Waals surface area contributed by atoms with E-state index in [1.807, 2.05) is 13.1 Å². The lowest BCUT2D eigenvalue weighted by Gasteiger charge is -2.24. The predicted molar refractivity (Wildman–Crippen MR) is 79.8 cm³/mol. The van der Waals surface area contributed by atoms with Crippen molar-refractivity contribution in [3.05, 3.63) is 28.8 Å². The molecular weight excluding hydrogens is 244 g/mol. The first-order valence-corrected chi connectivity index (χ1v) is 7.22. The van der Waals surface area contributed by atoms with E-state index in [2.05, 4.69) is 36.2 Å². The van der Waals surface area contributed by atoms with Crippen LogP contribution >= 0.6 is 11.6 Å². The lowest BCUT2D eigenvalue weighted by Crippen LogP contribution is -2.29. The molecule has 0 fully saturated rings. The minimum atomic E-state index is 0.555. The van der Waals surface area contributed by atoms with E-state index in [0.29, 0.717) is 12.0 Å². The van der Waals surface area contributed by atoms with E-state index in [1.54, 1.807) is 0 Å². The summed E-state index contributed by atoms with van der Waals surface area (Å²) < 4.78 is 0. The van der Waals surface area contributed by atoms with Gasteiger partial charge in [0.2, 0.25) is 0 Å². The molecule has 1 aromatic rings. The van der Waals surface area contributed by atoms with Crippen LogP contribution in [0.3, 0.4) is 0 Å². The lowest BCUT2D eigenvalue weighted by atomic mass is 9.96. The van der Waals surface area contributed by atoms with Crippen molar-refractivity contribution in [2.24, 2.45) is 0 Å². The van der Waals surface area contributed by atoms with E-state index in [-0.39, 0.29) is 0 Å². The minimum absolute atomic E-state index is 0.555. The maximum Gasteiger partial charge on any atom is 0.0410 e. The quantitative estimate of drug-likeness (QED) is 0.819. The van der Waals surface area contributed by atoms with Crippen LogP contribution in [0.15, 0.2) is 18.2 Å². The second-order valence-corrected chi connectivity index (χ2v) is 5.83. The predicted octanol–water partition coefficient (Wildman–Crippen LogP) is 3.65. The van der Waals surface area contributed by atoms with Crippen molar-refractivity contribution in [3.63, 3.8) is 0 Å². The molecule has 0 saturated carbocycles. The summed E-state index contributed by atoms with van der Waals surface area (Å²) in [5.74, 6) is 0.634. The second kappa shape index (κ2) is 5.94. The third-order valence-corrected chi connectivity index (χ3v) is 3.99. The first-order chi connectivity index (χ1) is 8.63. The first kappa shape index (κ1) is 13.7. The molecule has 2 nitrogen and oxygen atoms in total. The van der Waals surface area contributed by atoms with Crippen LogP contribution in [0.2, 0.25) is 5.02 Å². The zero-order valence-corrected chi connectivity index (χ0v) is 12.3. The minimum Gasteiger partial charge on any atom is -0.368 e. The summed E-state index contributed by atoms with van der Waals surface area (Å²) in [6.45, 7) is 6.74. The second-order valence-electron chi connectivity index (χ2n) is 5.39. The molecule has 1 aliphatic rings. The molecule has 3 heteroatoms. The Morgan fingerprint density at radius 1 is 1.44 bits per heavy atom. The fourth-order valence-electron chi connectivity index (χ4n) is 2.81. The number of benzene rings is 1. The molecule has 0 spiro atoms. The van der Waals surface area contributed by atoms with E-state index >= 15 is 0 Å². The number of rotatable bonds is 5. The zero-order chi connectivity index (χ0) is 13.1. The van der Waals surface area contributed by atoms with Crippen molar-refractivity contribution < 1.29 is 0 Å². The van der Waals surface area contributed by atoms with Crippen LogP contribution in [0.1, 0.15) is 38.2 Å². The number of halogens is 1. The highest BCUT2D eigenvalue weighted by molar-refractivity contribution is 6.30. The molecule has 1 unspecified atom stereocenters. The Labute approximate surface area is 115 Å². The molecule has 0 aliphatic carbocycles. The molecule has 0 radical (unpaired) electrons. The molecule has 1 atom stereocenters. The van der Waals surface area contributed by atoms with Gasteiger partial charge in [-0.1, -0.05) is 11.6 Å². The summed E-state index contributed by atoms with van der Waals surface area (Å²) in [5.41, 5.74) is 2.82. The van der Waals surface area contributed by atoms with Crippen molar-refractivity contribution in [2.75, 3.05) is 25.0 Å². The van der Waals surface area contributed by atoms with Gasteiger partial charge in [0.25, 0.3) is 0 Å². The summed E-state index contributed by atoms with van der Waals surface area (Å²) in [6.07, 6.45) is 2.45. The van der Waals surface area contributed by atoms with Gasteiger partial charge in [0, 0.05) is 29.2 Å². The van der Waals surface area contributed by atoms with E-state index in [0.717, 1.165) is 18.1 Å². The number of fused-ring (bicyclic) bond motifs is 1. The Hall–Kier alpha value is -0.730. The number of anilines is 1. The normalized spacial score (nSPS) is 18.5. The van der Waals surface area contributed by atoms with Crippen LogP contribution in [0, 0.1) is 0 Å². The van der Waals surface area contributed by atoms with Gasteiger partial charge in [0.15, 0.2) is 0 Å². The molecule has 100 valence electrons. The monoisotopic (exact) mass is 266 g/mol. The number of nitrogens with zero attached hydrogens (tertiary/aromatic N) is 1. The van der Waals surface area contributed by atoms with E-state index in [4.69, 9.17) is 11.6 Å². The molecule has 0 aromatic heterocycles. The maximum atomic E-state index is 6.15. The summed E-state index contributed by atoms with van der Waals surface area (Å²) in [4.78, 5) is 2.50. The average Bonchev–Trinajstić information content (AvgIpc) is 2.68. The molecule has 0 saturated heterocycles. The Morgan fingerprint density at radius 2 is 2.22 bits per heavy atom. The smallest absolute Gasteiger partial charge is 0.0410 e. The van der Waals surface area contributed by atoms with Gasteiger partial charge in [-0.3, -0.25) is 0 Å². The van der Waals surface area contributed by atoms with Gasteiger partial charge in [-0.2, -0.15) is 0 Å². The molecule has 18 heavy (non-hydrogen) atoms. The van der Waals surface area contributed by atoms with Crippen LogP contribution in [0.4, 0.5) is 5.69 Å². The largest absolute Gasteiger partial charge is 0.368 e. The van der Waals surface area contributed by atoms with E-state index in [1.165, 1.54) is 24.1 Å². The lowest BCUT2D eigenvalue weighted by molar-refractivity contribution is 0.571. The number of nitrogens with one attached hydrogen (secondary N) is 1. The van der Waals surface area contributed by atoms with Crippen molar-refractivity contribution in [2.45, 2.75) is 38.6 Å². The van der Waals surface area contributed by atoms with Crippen molar-refractivity contribution in [1.82, 2.24) is 5.32 Å². The van der Waals surface area contributed by atoms with Crippen LogP contribution in [0.5, 0.6) is 0 Å². The van der Waals surface area contributed by atoms with Gasteiger partial charge in [-0.25, -0.2) is 0 Å². The van der Waals surface area contributed by atoms with Gasteiger partial charge < -0.3 is 10.2 Å². The zero-order valence-electron chi connectivity index (χ0n) is 11.5. The van der Waals surface area contributed by atoms with Crippen LogP contribution in [-0.4, -0.2) is 26.2 Å². The Balaban J connectivity index is 2.18. The maximum absolute atomic E-state index is 6.15. The molecular formula is C15H23ClN2. The summed E-state index contributed by atoms with van der Waals surface area (Å²) >= 11 is 6.15. The Bertz CT molecular complexity index is 403. The number of hydrogen-bond donors (Lipinski definition) is 1. The van der Waals surface area contributed by atoms with Gasteiger partial charge in [0.1, 0.15) is 0 Å². The summed E-state index contributed by atoms with van der Waals surface area (Å²) in [5, 5.41) is 4.08. The fraction of sp³-hybridized carbons (Fsp3) is 0.600. The summed E-state index contributed by atoms with van der Waals surface area (Å²) in [6, 6.07) is 6.89. The molecule has 0 bridgehead atoms. The molecule has 1 aromatic carbocycles. The SMILES string of the molecule is CNCCCC1CN(C(C)C)c2ccc(Cl)cc21. The molecule has 1 N–H and O–H groups in total. The first-order valence-electron chi connectivity index (χ1n) is 6.84. The number of hydrogen-bond acceptors (Lipinski definition) is 2. The highest BCUT2D eigenvalue weighted by atomic mass is 35.5. The molecule has 2 rings (SSSR count). The van der Waals surface area contributed by atoms with Crippen molar-refractivity contribution >= 4 is 17.3 Å². The van der Waals surface area contributed by atoms with Gasteiger partial charge in [-0.05, 0) is 64.0 Å². The van der Waals surface area contributed by atoms with Gasteiger partial charge >= 0.3 is 0 Å². The third kappa shape index (κ3) is 2.81. The van der Waals surface area contributed by atoms with Crippen LogP contribution in [-0.2, 0) is 0 Å². The van der Waals surface area contributed by atoms with Crippen LogP contribution in [0.25, 0.3) is 0 Å². The average molecular weight is 267 g/mol. The van der Waals surface area contributed by atoms with Crippen LogP contribution < -0.4 is 10.2 Å². The molecule has 1 aliphatic heterocycles. The molecule has 1 heterocycles. The standard InChI is InChI=1S/C15H23ClN2/c1-11(2)18-10-12(5-4-8-17-3)14-9-13(16)6-7-15(14)18/h6-7,9,11-12,17H,4-5,8,10H2,1-3H3. The Morgan fingerprint density at radius 3 is 2.89 bits per heavy atom. The topological polar surface area (TPSA) is 15.3 Å². The highest BCUT2D eigenvalue weighted by Crippen LogP contribution is 2.40.